The maximum atomic E-state index is 13.8. The van der Waals surface area contributed by atoms with Crippen molar-refractivity contribution in [2.45, 2.75) is 25.3 Å². The summed E-state index contributed by atoms with van der Waals surface area (Å²) in [6, 6.07) is 6.45. The van der Waals surface area contributed by atoms with Crippen LogP contribution in [0.2, 0.25) is 0 Å². The molecular weight excluding hydrogens is 397 g/mol. The molecule has 1 aromatic carbocycles. The van der Waals surface area contributed by atoms with Crippen molar-refractivity contribution in [2.24, 2.45) is 0 Å². The molecule has 0 unspecified atom stereocenters. The van der Waals surface area contributed by atoms with E-state index in [1.54, 1.807) is 24.5 Å². The molecule has 2 N–H and O–H groups in total. The monoisotopic (exact) mass is 414 g/mol. The van der Waals surface area contributed by atoms with E-state index < -0.39 is 15.8 Å². The minimum Gasteiger partial charge on any atom is -0.260 e. The summed E-state index contributed by atoms with van der Waals surface area (Å²) in [7, 11) is -3.55. The number of sulfonamides is 1. The molecule has 0 radical (unpaired) electrons. The Labute approximate surface area is 149 Å². The molecule has 5 nitrogen and oxygen atoms in total. The summed E-state index contributed by atoms with van der Waals surface area (Å²) in [6.07, 6.45) is 6.52. The molecule has 0 amide bonds. The van der Waals surface area contributed by atoms with E-state index in [-0.39, 0.29) is 6.54 Å². The van der Waals surface area contributed by atoms with E-state index in [4.69, 9.17) is 5.84 Å². The Kier molecular flexibility index (Phi) is 4.52. The van der Waals surface area contributed by atoms with Crippen molar-refractivity contribution in [3.05, 3.63) is 58.1 Å². The number of hydrogen-bond donors (Lipinski definition) is 1. The quantitative estimate of drug-likeness (QED) is 0.603. The Morgan fingerprint density at radius 1 is 1.38 bits per heavy atom. The van der Waals surface area contributed by atoms with Gasteiger partial charge in [0.15, 0.2) is 6.20 Å². The molecule has 2 aromatic rings. The van der Waals surface area contributed by atoms with Gasteiger partial charge in [-0.1, -0.05) is 10.7 Å². The molecule has 1 fully saturated rings. The van der Waals surface area contributed by atoms with Gasteiger partial charge in [0.1, 0.15) is 11.5 Å². The Morgan fingerprint density at radius 2 is 2.08 bits per heavy atom. The molecule has 0 saturated heterocycles. The maximum absolute atomic E-state index is 13.8. The van der Waals surface area contributed by atoms with Gasteiger partial charge in [-0.15, -0.1) is 0 Å². The number of hydrogen-bond acceptors (Lipinski definition) is 3. The fourth-order valence-electron chi connectivity index (χ4n) is 2.64. The van der Waals surface area contributed by atoms with Gasteiger partial charge in [0, 0.05) is 6.07 Å². The van der Waals surface area contributed by atoms with Crippen LogP contribution in [0, 0.1) is 5.82 Å². The van der Waals surface area contributed by atoms with Crippen LogP contribution < -0.4 is 14.8 Å². The van der Waals surface area contributed by atoms with Crippen LogP contribution in [-0.2, 0) is 16.6 Å². The van der Waals surface area contributed by atoms with Crippen LogP contribution in [0.4, 0.5) is 10.1 Å². The smallest absolute Gasteiger partial charge is 0.232 e. The van der Waals surface area contributed by atoms with Crippen LogP contribution in [0.25, 0.3) is 0 Å². The first kappa shape index (κ1) is 17.2. The van der Waals surface area contributed by atoms with E-state index in [2.05, 4.69) is 15.9 Å². The highest BCUT2D eigenvalue weighted by Gasteiger charge is 2.32. The zero-order valence-corrected chi connectivity index (χ0v) is 15.5. The van der Waals surface area contributed by atoms with E-state index in [1.165, 1.54) is 15.0 Å². The second kappa shape index (κ2) is 6.33. The lowest BCUT2D eigenvalue weighted by atomic mass is 10.1. The second-order valence-corrected chi connectivity index (χ2v) is 8.79. The molecule has 1 heterocycles. The Balaban J connectivity index is 2.04. The number of benzene rings is 1. The molecule has 0 atom stereocenters. The second-order valence-electron chi connectivity index (χ2n) is 6.03. The molecule has 128 valence electrons. The summed E-state index contributed by atoms with van der Waals surface area (Å²) in [5, 5.41) is 0. The fourth-order valence-corrected chi connectivity index (χ4v) is 3.78. The van der Waals surface area contributed by atoms with Crippen LogP contribution >= 0.6 is 15.9 Å². The molecule has 24 heavy (non-hydrogen) atoms. The predicted molar refractivity (Wildman–Crippen MR) is 93.9 cm³/mol. The van der Waals surface area contributed by atoms with Gasteiger partial charge in [-0.25, -0.2) is 18.7 Å². The van der Waals surface area contributed by atoms with Crippen molar-refractivity contribution in [1.82, 2.24) is 0 Å². The normalized spacial score (nSPS) is 14.6. The fraction of sp³-hybridized carbons (Fsp3) is 0.312. The topological polar surface area (TPSA) is 67.3 Å². The zero-order chi connectivity index (χ0) is 17.5. The van der Waals surface area contributed by atoms with E-state index in [1.807, 2.05) is 6.07 Å². The molecular formula is C16H18BrFN3O2S+. The van der Waals surface area contributed by atoms with Gasteiger partial charge >= 0.3 is 0 Å². The zero-order valence-electron chi connectivity index (χ0n) is 13.1. The number of pyridine rings is 1. The van der Waals surface area contributed by atoms with Crippen LogP contribution in [0.1, 0.15) is 29.9 Å². The minimum atomic E-state index is -3.55. The van der Waals surface area contributed by atoms with Gasteiger partial charge in [0.25, 0.3) is 0 Å². The van der Waals surface area contributed by atoms with Crippen molar-refractivity contribution in [2.75, 3.05) is 16.4 Å². The summed E-state index contributed by atoms with van der Waals surface area (Å²) in [4.78, 5) is 0. The summed E-state index contributed by atoms with van der Waals surface area (Å²) < 4.78 is 41.5. The van der Waals surface area contributed by atoms with E-state index in [9.17, 15) is 12.8 Å². The highest BCUT2D eigenvalue weighted by molar-refractivity contribution is 9.10. The largest absolute Gasteiger partial charge is 0.260 e. The summed E-state index contributed by atoms with van der Waals surface area (Å²) in [5.74, 6) is 5.72. The molecule has 0 aliphatic heterocycles. The Morgan fingerprint density at radius 3 is 2.67 bits per heavy atom. The van der Waals surface area contributed by atoms with Gasteiger partial charge in [0.05, 0.1) is 17.3 Å². The number of nitrogens with two attached hydrogens (primary N) is 1. The number of anilines is 1. The molecule has 1 aliphatic carbocycles. The summed E-state index contributed by atoms with van der Waals surface area (Å²) in [6.45, 7) is 0.0484. The maximum Gasteiger partial charge on any atom is 0.232 e. The van der Waals surface area contributed by atoms with Gasteiger partial charge in [-0.05, 0) is 57.9 Å². The third-order valence-corrected chi connectivity index (χ3v) is 5.76. The van der Waals surface area contributed by atoms with Gasteiger partial charge in [-0.2, -0.15) is 0 Å². The van der Waals surface area contributed by atoms with Crippen molar-refractivity contribution in [3.8, 4) is 0 Å². The van der Waals surface area contributed by atoms with Crippen molar-refractivity contribution >= 4 is 31.6 Å². The first-order chi connectivity index (χ1) is 11.3. The van der Waals surface area contributed by atoms with Gasteiger partial charge < -0.3 is 0 Å². The predicted octanol–water partition coefficient (Wildman–Crippen LogP) is 2.43. The third-order valence-electron chi connectivity index (χ3n) is 3.99. The highest BCUT2D eigenvalue weighted by Crippen LogP contribution is 2.44. The van der Waals surface area contributed by atoms with Crippen LogP contribution in [0.3, 0.4) is 0 Å². The highest BCUT2D eigenvalue weighted by atomic mass is 79.9. The summed E-state index contributed by atoms with van der Waals surface area (Å²) >= 11 is 3.10. The first-order valence-electron chi connectivity index (χ1n) is 7.47. The van der Waals surface area contributed by atoms with Crippen LogP contribution in [0.15, 0.2) is 41.1 Å². The molecule has 8 heteroatoms. The number of rotatable bonds is 5. The van der Waals surface area contributed by atoms with Gasteiger partial charge in [0.2, 0.25) is 16.2 Å². The molecule has 1 aromatic heterocycles. The number of nitrogens with zero attached hydrogens (tertiary/aromatic N) is 2. The number of nitrogen functional groups attached to an aromatic ring is 1. The van der Waals surface area contributed by atoms with Crippen molar-refractivity contribution < 1.29 is 17.5 Å². The van der Waals surface area contributed by atoms with Crippen LogP contribution in [0.5, 0.6) is 0 Å². The average Bonchev–Trinajstić information content (AvgIpc) is 3.31. The van der Waals surface area contributed by atoms with Crippen molar-refractivity contribution in [3.63, 3.8) is 0 Å². The van der Waals surface area contributed by atoms with Gasteiger partial charge in [-0.3, -0.25) is 4.31 Å². The standard InChI is InChI=1S/C16H18BrFN3O2S/c1-24(22,23)21(9-11-2-5-14(17)15(18)8-11)16-10-20(19)7-6-13(16)12-3-4-12/h2,5-8,10,12H,3-4,9,19H2,1H3/q+1. The van der Waals surface area contributed by atoms with E-state index in [0.717, 1.165) is 24.7 Å². The molecule has 0 spiro atoms. The number of aromatic nitrogens is 1. The van der Waals surface area contributed by atoms with Crippen molar-refractivity contribution in [1.29, 1.82) is 0 Å². The van der Waals surface area contributed by atoms with Crippen LogP contribution in [-0.4, -0.2) is 14.7 Å². The van der Waals surface area contributed by atoms with E-state index >= 15 is 0 Å². The molecule has 1 aliphatic rings. The third kappa shape index (κ3) is 3.70. The minimum absolute atomic E-state index is 0.0484. The molecule has 0 bridgehead atoms. The molecule has 3 rings (SSSR count). The van der Waals surface area contributed by atoms with E-state index in [0.29, 0.717) is 21.6 Å². The molecule has 1 saturated carbocycles. The SMILES string of the molecule is CS(=O)(=O)N(Cc1ccc(Br)c(F)c1)c1c[n+](N)ccc1C1CC1. The Bertz CT molecular complexity index is 885. The number of halogens is 2. The Hall–Kier alpha value is -1.67. The lowest BCUT2D eigenvalue weighted by Gasteiger charge is -2.23. The first-order valence-corrected chi connectivity index (χ1v) is 10.1. The average molecular weight is 415 g/mol. The lowest BCUT2D eigenvalue weighted by molar-refractivity contribution is -0.638. The lowest BCUT2D eigenvalue weighted by Crippen LogP contribution is -2.45. The summed E-state index contributed by atoms with van der Waals surface area (Å²) in [5.41, 5.74) is 2.07.